The van der Waals surface area contributed by atoms with Crippen molar-refractivity contribution >= 4 is 42.3 Å². The summed E-state index contributed by atoms with van der Waals surface area (Å²) in [5.41, 5.74) is 2.51. The van der Waals surface area contributed by atoms with E-state index in [9.17, 15) is 43.9 Å². The van der Waals surface area contributed by atoms with E-state index in [4.69, 9.17) is 19.5 Å². The third-order valence-corrected chi connectivity index (χ3v) is 11.8. The summed E-state index contributed by atoms with van der Waals surface area (Å²) < 4.78 is 30.5. The Morgan fingerprint density at radius 1 is 1.06 bits per heavy atom. The van der Waals surface area contributed by atoms with Crippen molar-refractivity contribution in [3.63, 3.8) is 0 Å². The largest absolute Gasteiger partial charge is 0.505 e. The van der Waals surface area contributed by atoms with Crippen molar-refractivity contribution in [2.75, 3.05) is 25.6 Å². The molecule has 2 saturated carbocycles. The molecule has 3 aliphatic carbocycles. The zero-order valence-corrected chi connectivity index (χ0v) is 27.1. The first kappa shape index (κ1) is 34.4. The third kappa shape index (κ3) is 5.28. The third-order valence-electron chi connectivity index (χ3n) is 9.52. The van der Waals surface area contributed by atoms with Crippen molar-refractivity contribution in [1.29, 1.82) is 0 Å². The van der Waals surface area contributed by atoms with E-state index in [1.54, 1.807) is 45.0 Å². The molecule has 2 aromatic carbocycles. The summed E-state index contributed by atoms with van der Waals surface area (Å²) in [7, 11) is -2.50. The number of carbonyl (C=O) groups is 5. The average Bonchev–Trinajstić information content (AvgIpc) is 3.02. The Kier molecular flexibility index (Phi) is 9.21. The number of methoxy groups -OCH3 is 1. The Hall–Kier alpha value is -3.94. The standard InChI is InChI=1S/C32H37N2O12P/c1-5-45-47(43,46-6-2)31(15-7-9-16(44-4)10-8-15)34-19-12-11-17-14(3)21-24(27(38)22(17)26(19)37)29(40)32(42)18(25(21)36)13-20(35)23(28(32)39)30(33)41/h7-12,14,18,21,23-25,31,34,36-37,42H,5-6,13H2,1-4H3,(H2,33,41)/t14-,18+,21+,23?,24?,25+,31?,32+/m0/s1. The number of hydrogen-bond acceptors (Lipinski definition) is 13. The van der Waals surface area contributed by atoms with Crippen LogP contribution in [0.2, 0.25) is 0 Å². The summed E-state index contributed by atoms with van der Waals surface area (Å²) in [4.78, 5) is 66.0. The summed E-state index contributed by atoms with van der Waals surface area (Å²) in [6.45, 7) is 4.92. The Bertz CT molecular complexity index is 1680. The fourth-order valence-electron chi connectivity index (χ4n) is 7.30. The number of ketones is 4. The molecule has 0 bridgehead atoms. The van der Waals surface area contributed by atoms with Crippen LogP contribution in [-0.4, -0.2) is 76.4 Å². The molecule has 0 spiro atoms. The van der Waals surface area contributed by atoms with Crippen molar-refractivity contribution in [2.45, 2.75) is 50.6 Å². The van der Waals surface area contributed by atoms with Gasteiger partial charge in [-0.05, 0) is 49.1 Å². The van der Waals surface area contributed by atoms with Crippen LogP contribution in [0.3, 0.4) is 0 Å². The summed E-state index contributed by atoms with van der Waals surface area (Å²) >= 11 is 0. The van der Waals surface area contributed by atoms with Gasteiger partial charge in [-0.15, -0.1) is 0 Å². The maximum atomic E-state index is 14.1. The Morgan fingerprint density at radius 2 is 1.68 bits per heavy atom. The number of ether oxygens (including phenoxy) is 1. The van der Waals surface area contributed by atoms with Gasteiger partial charge in [-0.25, -0.2) is 0 Å². The topological polar surface area (TPSA) is 229 Å². The molecule has 6 N–H and O–H groups in total. The first-order valence-corrected chi connectivity index (χ1v) is 16.8. The minimum Gasteiger partial charge on any atom is -0.505 e. The van der Waals surface area contributed by atoms with Crippen LogP contribution >= 0.6 is 7.60 Å². The van der Waals surface area contributed by atoms with E-state index in [0.29, 0.717) is 11.3 Å². The van der Waals surface area contributed by atoms with Gasteiger partial charge in [0.2, 0.25) is 5.91 Å². The van der Waals surface area contributed by atoms with Gasteiger partial charge >= 0.3 is 7.60 Å². The van der Waals surface area contributed by atoms with E-state index in [1.165, 1.54) is 19.2 Å². The van der Waals surface area contributed by atoms with Gasteiger partial charge in [0.1, 0.15) is 11.5 Å². The quantitative estimate of drug-likeness (QED) is 0.139. The molecule has 47 heavy (non-hydrogen) atoms. The lowest BCUT2D eigenvalue weighted by atomic mass is 9.50. The first-order chi connectivity index (χ1) is 22.2. The molecule has 0 aromatic heterocycles. The lowest BCUT2D eigenvalue weighted by Gasteiger charge is -2.52. The average molecular weight is 673 g/mol. The van der Waals surface area contributed by atoms with Crippen LogP contribution in [0.15, 0.2) is 36.4 Å². The number of primary amides is 1. The fraction of sp³-hybridized carbons (Fsp3) is 0.469. The molecule has 8 atom stereocenters. The van der Waals surface area contributed by atoms with Crippen LogP contribution < -0.4 is 15.8 Å². The van der Waals surface area contributed by atoms with Crippen LogP contribution in [0, 0.1) is 23.7 Å². The molecule has 5 rings (SSSR count). The number of Topliss-reactive ketones (excluding diaryl/α,β-unsaturated/α-hetero) is 4. The lowest BCUT2D eigenvalue weighted by molar-refractivity contribution is -0.189. The van der Waals surface area contributed by atoms with E-state index in [-0.39, 0.29) is 30.0 Å². The molecule has 3 unspecified atom stereocenters. The van der Waals surface area contributed by atoms with Crippen LogP contribution in [0.1, 0.15) is 60.4 Å². The van der Waals surface area contributed by atoms with Crippen LogP contribution in [0.25, 0.3) is 0 Å². The van der Waals surface area contributed by atoms with E-state index in [1.807, 2.05) is 0 Å². The van der Waals surface area contributed by atoms with E-state index < -0.39 is 95.9 Å². The number of fused-ring (bicyclic) bond motifs is 3. The zero-order valence-electron chi connectivity index (χ0n) is 26.2. The first-order valence-electron chi connectivity index (χ1n) is 15.2. The van der Waals surface area contributed by atoms with Crippen molar-refractivity contribution in [2.24, 2.45) is 29.4 Å². The van der Waals surface area contributed by atoms with Crippen molar-refractivity contribution in [1.82, 2.24) is 0 Å². The van der Waals surface area contributed by atoms with Crippen LogP contribution in [0.4, 0.5) is 5.69 Å². The number of nitrogens with two attached hydrogens (primary N) is 1. The maximum Gasteiger partial charge on any atom is 0.357 e. The lowest BCUT2D eigenvalue weighted by Crippen LogP contribution is -2.72. The van der Waals surface area contributed by atoms with E-state index >= 15 is 0 Å². The summed E-state index contributed by atoms with van der Waals surface area (Å²) in [5, 5.41) is 37.5. The highest BCUT2D eigenvalue weighted by Gasteiger charge is 2.70. The molecule has 2 fully saturated rings. The van der Waals surface area contributed by atoms with E-state index in [2.05, 4.69) is 5.32 Å². The molecule has 0 radical (unpaired) electrons. The second-order valence-electron chi connectivity index (χ2n) is 11.9. The number of nitrogens with one attached hydrogen (secondary N) is 1. The van der Waals surface area contributed by atoms with Crippen molar-refractivity contribution in [3.8, 4) is 11.5 Å². The molecule has 1 amide bonds. The van der Waals surface area contributed by atoms with Gasteiger partial charge in [-0.1, -0.05) is 25.1 Å². The van der Waals surface area contributed by atoms with Gasteiger partial charge < -0.3 is 40.2 Å². The van der Waals surface area contributed by atoms with Gasteiger partial charge in [-0.2, -0.15) is 0 Å². The number of amides is 1. The number of anilines is 1. The summed E-state index contributed by atoms with van der Waals surface area (Å²) in [5.74, 6) is -14.8. The normalized spacial score (nSPS) is 29.4. The Morgan fingerprint density at radius 3 is 2.23 bits per heavy atom. The number of aliphatic hydroxyl groups is 2. The number of carbonyl (C=O) groups excluding carboxylic acids is 5. The molecule has 0 saturated heterocycles. The number of aliphatic hydroxyl groups excluding tert-OH is 1. The van der Waals surface area contributed by atoms with Gasteiger partial charge in [0.25, 0.3) is 0 Å². The second kappa shape index (κ2) is 12.6. The molecule has 2 aromatic rings. The highest BCUT2D eigenvalue weighted by Crippen LogP contribution is 2.62. The minimum absolute atomic E-state index is 0.0239. The van der Waals surface area contributed by atoms with Crippen LogP contribution in [0.5, 0.6) is 11.5 Å². The predicted molar refractivity (Wildman–Crippen MR) is 165 cm³/mol. The molecule has 0 heterocycles. The monoisotopic (exact) mass is 672 g/mol. The molecule has 252 valence electrons. The van der Waals surface area contributed by atoms with E-state index in [0.717, 1.165) is 0 Å². The summed E-state index contributed by atoms with van der Waals surface area (Å²) in [6.07, 6.45) is -2.36. The fourth-order valence-corrected chi connectivity index (χ4v) is 9.22. The Balaban J connectivity index is 1.60. The van der Waals surface area contributed by atoms with Crippen LogP contribution in [-0.2, 0) is 32.8 Å². The van der Waals surface area contributed by atoms with Gasteiger partial charge in [0.05, 0.1) is 43.6 Å². The summed E-state index contributed by atoms with van der Waals surface area (Å²) in [6, 6.07) is 9.45. The Labute approximate surface area is 270 Å². The van der Waals surface area contributed by atoms with Gasteiger partial charge in [-0.3, -0.25) is 28.5 Å². The molecule has 0 aliphatic heterocycles. The SMILES string of the molecule is CCOP(=O)(OCC)C(Nc1ccc2c(c1O)C(=O)C1C(=O)[C@]3(O)C(=O)C(C(N)=O)C(=O)C[C@@H]3[C@@H](O)[C@@H]1[C@H]2C)c1ccc(OC)cc1. The smallest absolute Gasteiger partial charge is 0.357 e. The predicted octanol–water partition coefficient (Wildman–Crippen LogP) is 2.24. The van der Waals surface area contributed by atoms with Gasteiger partial charge in [0.15, 0.2) is 40.4 Å². The van der Waals surface area contributed by atoms with Gasteiger partial charge in [0, 0.05) is 18.3 Å². The number of phenols is 1. The molecule has 15 heteroatoms. The highest BCUT2D eigenvalue weighted by molar-refractivity contribution is 7.54. The van der Waals surface area contributed by atoms with Crippen molar-refractivity contribution < 1.29 is 57.6 Å². The van der Waals surface area contributed by atoms with Crippen molar-refractivity contribution in [3.05, 3.63) is 53.1 Å². The number of benzene rings is 2. The minimum atomic E-state index is -3.98. The number of rotatable bonds is 10. The maximum absolute atomic E-state index is 14.1. The number of hydrogen-bond donors (Lipinski definition) is 5. The molecular formula is C32H37N2O12P. The molecule has 14 nitrogen and oxygen atoms in total. The molecular weight excluding hydrogens is 635 g/mol. The number of aromatic hydroxyl groups is 1. The number of phenolic OH excluding ortho intramolecular Hbond substituents is 1. The molecule has 3 aliphatic rings. The zero-order chi connectivity index (χ0) is 34.6. The second-order valence-corrected chi connectivity index (χ2v) is 14.0. The highest BCUT2D eigenvalue weighted by atomic mass is 31.2.